The van der Waals surface area contributed by atoms with Crippen molar-refractivity contribution in [3.05, 3.63) is 57.3 Å². The predicted octanol–water partition coefficient (Wildman–Crippen LogP) is 2.66. The van der Waals surface area contributed by atoms with Crippen molar-refractivity contribution in [2.24, 2.45) is 0 Å². The third kappa shape index (κ3) is 3.77. The summed E-state index contributed by atoms with van der Waals surface area (Å²) in [5.41, 5.74) is 2.13. The molecule has 0 aliphatic heterocycles. The zero-order valence-corrected chi connectivity index (χ0v) is 14.9. The van der Waals surface area contributed by atoms with Gasteiger partial charge in [0.15, 0.2) is 5.76 Å². The summed E-state index contributed by atoms with van der Waals surface area (Å²) >= 11 is 0. The number of amides is 1. The van der Waals surface area contributed by atoms with E-state index in [-0.39, 0.29) is 18.9 Å². The van der Waals surface area contributed by atoms with Gasteiger partial charge in [-0.25, -0.2) is 4.79 Å². The molecule has 7 heteroatoms. The fourth-order valence-corrected chi connectivity index (χ4v) is 2.80. The largest absolute Gasteiger partial charge is 0.497 e. The number of nitrogens with one attached hydrogen (secondary N) is 1. The van der Waals surface area contributed by atoms with E-state index in [0.29, 0.717) is 29.1 Å². The Hall–Kier alpha value is -3.09. The lowest BCUT2D eigenvalue weighted by Crippen LogP contribution is -2.24. The van der Waals surface area contributed by atoms with Crippen LogP contribution in [0.25, 0.3) is 11.0 Å². The van der Waals surface area contributed by atoms with E-state index < -0.39 is 5.63 Å². The number of carbonyl (C=O) groups excluding carboxylic acids is 1. The first-order chi connectivity index (χ1) is 12.5. The molecule has 0 fully saturated rings. The first-order valence-electron chi connectivity index (χ1n) is 8.27. The highest BCUT2D eigenvalue weighted by molar-refractivity contribution is 5.82. The zero-order chi connectivity index (χ0) is 18.7. The second-order valence-electron chi connectivity index (χ2n) is 6.07. The van der Waals surface area contributed by atoms with Crippen molar-refractivity contribution < 1.29 is 18.5 Å². The van der Waals surface area contributed by atoms with Gasteiger partial charge in [-0.1, -0.05) is 5.16 Å². The van der Waals surface area contributed by atoms with E-state index >= 15 is 0 Å². The minimum atomic E-state index is -0.429. The van der Waals surface area contributed by atoms with Gasteiger partial charge >= 0.3 is 5.63 Å². The maximum absolute atomic E-state index is 12.3. The molecule has 0 bridgehead atoms. The minimum Gasteiger partial charge on any atom is -0.497 e. The Kier molecular flexibility index (Phi) is 5.06. The van der Waals surface area contributed by atoms with Crippen molar-refractivity contribution in [3.8, 4) is 5.75 Å². The van der Waals surface area contributed by atoms with Crippen molar-refractivity contribution in [3.63, 3.8) is 0 Å². The molecule has 3 aromatic rings. The van der Waals surface area contributed by atoms with Gasteiger partial charge < -0.3 is 19.0 Å². The number of hydrogen-bond acceptors (Lipinski definition) is 6. The molecule has 0 aliphatic carbocycles. The molecule has 7 nitrogen and oxygen atoms in total. The molecule has 0 radical (unpaired) electrons. The van der Waals surface area contributed by atoms with Crippen LogP contribution in [0.4, 0.5) is 0 Å². The summed E-state index contributed by atoms with van der Waals surface area (Å²) in [4.78, 5) is 24.3. The van der Waals surface area contributed by atoms with Gasteiger partial charge in [0.1, 0.15) is 11.3 Å². The predicted molar refractivity (Wildman–Crippen MR) is 95.2 cm³/mol. The molecule has 2 aromatic heterocycles. The van der Waals surface area contributed by atoms with Gasteiger partial charge in [0.05, 0.1) is 19.3 Å². The number of aryl methyl sites for hydroxylation is 2. The number of nitrogens with zero attached hydrogens (tertiary/aromatic N) is 1. The summed E-state index contributed by atoms with van der Waals surface area (Å²) in [5, 5.41) is 7.35. The van der Waals surface area contributed by atoms with Gasteiger partial charge in [-0.3, -0.25) is 4.79 Å². The number of rotatable bonds is 6. The first-order valence-corrected chi connectivity index (χ1v) is 8.27. The molecule has 0 aliphatic rings. The molecule has 0 atom stereocenters. The molecular formula is C19H20N2O5. The lowest BCUT2D eigenvalue weighted by molar-refractivity contribution is -0.121. The fraction of sp³-hybridized carbons (Fsp3) is 0.316. The molecule has 0 unspecified atom stereocenters. The van der Waals surface area contributed by atoms with Gasteiger partial charge in [0.2, 0.25) is 5.91 Å². The molecule has 0 saturated heterocycles. The highest BCUT2D eigenvalue weighted by Gasteiger charge is 2.14. The third-order valence-corrected chi connectivity index (χ3v) is 4.23. The number of aromatic nitrogens is 1. The summed E-state index contributed by atoms with van der Waals surface area (Å²) in [6.45, 7) is 3.94. The quantitative estimate of drug-likeness (QED) is 0.682. The maximum atomic E-state index is 12.3. The number of methoxy groups -OCH3 is 1. The van der Waals surface area contributed by atoms with Gasteiger partial charge in [-0.2, -0.15) is 0 Å². The Morgan fingerprint density at radius 1 is 1.27 bits per heavy atom. The van der Waals surface area contributed by atoms with Gasteiger partial charge in [0.25, 0.3) is 0 Å². The number of benzene rings is 1. The van der Waals surface area contributed by atoms with Crippen LogP contribution in [0.2, 0.25) is 0 Å². The SMILES string of the molecule is COc1ccc2c(C)c(CCC(=O)NCc3cc(C)no3)c(=O)oc2c1. The van der Waals surface area contributed by atoms with Crippen LogP contribution in [0.15, 0.2) is 38.0 Å². The number of ether oxygens (including phenoxy) is 1. The van der Waals surface area contributed by atoms with E-state index in [0.717, 1.165) is 16.6 Å². The Bertz CT molecular complexity index is 1000. The molecule has 3 rings (SSSR count). The molecule has 26 heavy (non-hydrogen) atoms. The van der Waals surface area contributed by atoms with Crippen LogP contribution in [0.1, 0.15) is 29.0 Å². The van der Waals surface area contributed by atoms with E-state index in [1.54, 1.807) is 19.2 Å². The van der Waals surface area contributed by atoms with E-state index in [4.69, 9.17) is 13.7 Å². The summed E-state index contributed by atoms with van der Waals surface area (Å²) in [7, 11) is 1.55. The topological polar surface area (TPSA) is 94.6 Å². The Balaban J connectivity index is 1.70. The van der Waals surface area contributed by atoms with E-state index in [1.807, 2.05) is 26.0 Å². The lowest BCUT2D eigenvalue weighted by Gasteiger charge is -2.09. The number of fused-ring (bicyclic) bond motifs is 1. The first kappa shape index (κ1) is 17.7. The molecule has 0 spiro atoms. The Morgan fingerprint density at radius 2 is 2.08 bits per heavy atom. The lowest BCUT2D eigenvalue weighted by atomic mass is 10.0. The molecule has 1 N–H and O–H groups in total. The third-order valence-electron chi connectivity index (χ3n) is 4.23. The van der Waals surface area contributed by atoms with Gasteiger partial charge in [0, 0.05) is 29.5 Å². The normalized spacial score (nSPS) is 10.9. The summed E-state index contributed by atoms with van der Waals surface area (Å²) < 4.78 is 15.6. The van der Waals surface area contributed by atoms with Crippen molar-refractivity contribution in [1.29, 1.82) is 0 Å². The van der Waals surface area contributed by atoms with Gasteiger partial charge in [-0.15, -0.1) is 0 Å². The molecule has 0 saturated carbocycles. The molecule has 1 amide bonds. The second kappa shape index (κ2) is 7.43. The smallest absolute Gasteiger partial charge is 0.339 e. The van der Waals surface area contributed by atoms with Crippen LogP contribution in [0.3, 0.4) is 0 Å². The molecular weight excluding hydrogens is 336 g/mol. The van der Waals surface area contributed by atoms with E-state index in [9.17, 15) is 9.59 Å². The Labute approximate surface area is 149 Å². The van der Waals surface area contributed by atoms with Crippen LogP contribution in [0, 0.1) is 13.8 Å². The highest BCUT2D eigenvalue weighted by atomic mass is 16.5. The maximum Gasteiger partial charge on any atom is 0.339 e. The van der Waals surface area contributed by atoms with Crippen LogP contribution in [0.5, 0.6) is 5.75 Å². The van der Waals surface area contributed by atoms with E-state index in [1.165, 1.54) is 0 Å². The van der Waals surface area contributed by atoms with E-state index in [2.05, 4.69) is 10.5 Å². The van der Waals surface area contributed by atoms with Crippen LogP contribution >= 0.6 is 0 Å². The average Bonchev–Trinajstić information content (AvgIpc) is 3.04. The van der Waals surface area contributed by atoms with Gasteiger partial charge in [-0.05, 0) is 38.0 Å². The highest BCUT2D eigenvalue weighted by Crippen LogP contribution is 2.24. The standard InChI is InChI=1S/C19H20N2O5/c1-11-8-14(26-21-11)10-20-18(22)7-6-16-12(2)15-5-4-13(24-3)9-17(15)25-19(16)23/h4-5,8-9H,6-7,10H2,1-3H3,(H,20,22). The van der Waals surface area contributed by atoms with Crippen molar-refractivity contribution in [2.75, 3.05) is 7.11 Å². The molecule has 136 valence electrons. The minimum absolute atomic E-state index is 0.173. The van der Waals surface area contributed by atoms with Crippen molar-refractivity contribution in [1.82, 2.24) is 10.5 Å². The number of carbonyl (C=O) groups is 1. The number of hydrogen-bond donors (Lipinski definition) is 1. The zero-order valence-electron chi connectivity index (χ0n) is 14.9. The monoisotopic (exact) mass is 356 g/mol. The van der Waals surface area contributed by atoms with Crippen molar-refractivity contribution in [2.45, 2.75) is 33.2 Å². The summed E-state index contributed by atoms with van der Waals surface area (Å²) in [6.07, 6.45) is 0.484. The molecule has 1 aromatic carbocycles. The summed E-state index contributed by atoms with van der Waals surface area (Å²) in [6, 6.07) is 7.10. The second-order valence-corrected chi connectivity index (χ2v) is 6.07. The van der Waals surface area contributed by atoms with Crippen LogP contribution in [-0.4, -0.2) is 18.2 Å². The van der Waals surface area contributed by atoms with Crippen LogP contribution < -0.4 is 15.7 Å². The fourth-order valence-electron chi connectivity index (χ4n) is 2.80. The van der Waals surface area contributed by atoms with Crippen molar-refractivity contribution >= 4 is 16.9 Å². The Morgan fingerprint density at radius 3 is 2.77 bits per heavy atom. The van der Waals surface area contributed by atoms with Crippen LogP contribution in [-0.2, 0) is 17.8 Å². The summed E-state index contributed by atoms with van der Waals surface area (Å²) in [5.74, 6) is 1.04. The molecule has 2 heterocycles. The average molecular weight is 356 g/mol.